The normalized spacial score (nSPS) is 15.6. The summed E-state index contributed by atoms with van der Waals surface area (Å²) in [6.45, 7) is 8.27. The number of aromatic amines is 1. The summed E-state index contributed by atoms with van der Waals surface area (Å²) >= 11 is 9.99. The zero-order valence-electron chi connectivity index (χ0n) is 17.6. The summed E-state index contributed by atoms with van der Waals surface area (Å²) in [4.78, 5) is 28.6. The number of aromatic nitrogens is 4. The molecule has 1 aliphatic heterocycles. The smallest absolute Gasteiger partial charge is 0.244 e. The summed E-state index contributed by atoms with van der Waals surface area (Å²) in [5, 5.41) is 8.57. The summed E-state index contributed by atoms with van der Waals surface area (Å²) in [5.41, 5.74) is 1.48. The Labute approximate surface area is 194 Å². The molecule has 0 radical (unpaired) electrons. The van der Waals surface area contributed by atoms with E-state index in [9.17, 15) is 4.79 Å². The molecule has 0 saturated carbocycles. The molecule has 8 nitrogen and oxygen atoms in total. The van der Waals surface area contributed by atoms with Gasteiger partial charge in [-0.25, -0.2) is 9.97 Å². The van der Waals surface area contributed by atoms with E-state index in [2.05, 4.69) is 59.7 Å². The maximum atomic E-state index is 13.6. The first kappa shape index (κ1) is 22.0. The summed E-state index contributed by atoms with van der Waals surface area (Å²) in [6, 6.07) is 7.25. The number of piperazine rings is 1. The number of anilines is 1. The first-order valence-corrected chi connectivity index (χ1v) is 11.6. The van der Waals surface area contributed by atoms with Gasteiger partial charge in [-0.2, -0.15) is 5.10 Å². The van der Waals surface area contributed by atoms with Gasteiger partial charge < -0.3 is 9.80 Å². The molecule has 1 aromatic carbocycles. The third-order valence-corrected chi connectivity index (χ3v) is 6.71. The minimum atomic E-state index is -0.385. The van der Waals surface area contributed by atoms with Crippen LogP contribution in [0.3, 0.4) is 0 Å². The predicted molar refractivity (Wildman–Crippen MR) is 125 cm³/mol. The topological polar surface area (TPSA) is 81.2 Å². The van der Waals surface area contributed by atoms with Crippen molar-refractivity contribution in [2.75, 3.05) is 44.2 Å². The molecule has 4 rings (SSSR count). The zero-order valence-corrected chi connectivity index (χ0v) is 19.9. The number of carbonyl (C=O) groups is 1. The minimum absolute atomic E-state index is 0.0915. The van der Waals surface area contributed by atoms with E-state index in [1.54, 1.807) is 0 Å². The van der Waals surface area contributed by atoms with Crippen molar-refractivity contribution < 1.29 is 4.79 Å². The molecule has 31 heavy (non-hydrogen) atoms. The fourth-order valence-electron chi connectivity index (χ4n) is 4.13. The third kappa shape index (κ3) is 4.26. The molecule has 1 unspecified atom stereocenters. The molecule has 0 aliphatic carbocycles. The Bertz CT molecular complexity index is 1060. The molecule has 0 spiro atoms. The van der Waals surface area contributed by atoms with Gasteiger partial charge in [0.2, 0.25) is 5.91 Å². The first-order chi connectivity index (χ1) is 15.0. The highest BCUT2D eigenvalue weighted by atomic mass is 79.9. The molecule has 1 fully saturated rings. The maximum absolute atomic E-state index is 13.6. The monoisotopic (exact) mass is 505 g/mol. The summed E-state index contributed by atoms with van der Waals surface area (Å²) in [5.74, 6) is 0.915. The van der Waals surface area contributed by atoms with Crippen LogP contribution in [0.5, 0.6) is 0 Å². The molecule has 1 atom stereocenters. The lowest BCUT2D eigenvalue weighted by Crippen LogP contribution is -2.52. The van der Waals surface area contributed by atoms with E-state index >= 15 is 0 Å². The molecule has 1 amide bonds. The maximum Gasteiger partial charge on any atom is 0.244 e. The Morgan fingerprint density at radius 2 is 1.90 bits per heavy atom. The highest BCUT2D eigenvalue weighted by Gasteiger charge is 2.33. The van der Waals surface area contributed by atoms with Crippen molar-refractivity contribution in [2.24, 2.45) is 0 Å². The Balaban J connectivity index is 1.54. The Morgan fingerprint density at radius 1 is 1.19 bits per heavy atom. The van der Waals surface area contributed by atoms with Crippen LogP contribution in [-0.4, -0.2) is 75.1 Å². The number of nitrogens with zero attached hydrogens (tertiary/aromatic N) is 6. The van der Waals surface area contributed by atoms with Gasteiger partial charge in [0, 0.05) is 31.2 Å². The molecule has 0 bridgehead atoms. The fraction of sp³-hybridized carbons (Fsp3) is 0.429. The average Bonchev–Trinajstić information content (AvgIpc) is 3.19. The van der Waals surface area contributed by atoms with Crippen LogP contribution < -0.4 is 4.90 Å². The van der Waals surface area contributed by atoms with Crippen molar-refractivity contribution in [1.82, 2.24) is 30.0 Å². The van der Waals surface area contributed by atoms with Crippen molar-refractivity contribution in [3.63, 3.8) is 0 Å². The quantitative estimate of drug-likeness (QED) is 0.551. The van der Waals surface area contributed by atoms with Gasteiger partial charge in [-0.05, 0) is 40.6 Å². The highest BCUT2D eigenvalue weighted by molar-refractivity contribution is 9.10. The molecule has 2 aromatic heterocycles. The van der Waals surface area contributed by atoms with Crippen molar-refractivity contribution in [1.29, 1.82) is 0 Å². The van der Waals surface area contributed by atoms with Crippen molar-refractivity contribution >= 4 is 50.3 Å². The number of H-pyrrole nitrogens is 1. The van der Waals surface area contributed by atoms with Crippen LogP contribution in [0.25, 0.3) is 11.0 Å². The van der Waals surface area contributed by atoms with Crippen molar-refractivity contribution in [3.05, 3.63) is 45.8 Å². The highest BCUT2D eigenvalue weighted by Crippen LogP contribution is 2.31. The van der Waals surface area contributed by atoms with E-state index < -0.39 is 0 Å². The minimum Gasteiger partial charge on any atom is -0.352 e. The number of halogens is 2. The molecule has 1 aliphatic rings. The Kier molecular flexibility index (Phi) is 6.74. The van der Waals surface area contributed by atoms with Gasteiger partial charge >= 0.3 is 0 Å². The number of hydrogen-bond donors (Lipinski definition) is 1. The van der Waals surface area contributed by atoms with Crippen molar-refractivity contribution in [2.45, 2.75) is 19.9 Å². The number of benzene rings is 1. The number of hydrogen-bond acceptors (Lipinski definition) is 6. The molecular formula is C21H25BrClN7O. The van der Waals surface area contributed by atoms with E-state index in [-0.39, 0.29) is 11.9 Å². The second-order valence-corrected chi connectivity index (χ2v) is 8.59. The lowest BCUT2D eigenvalue weighted by Gasteiger charge is -2.39. The number of carbonyl (C=O) groups excluding carboxylic acids is 1. The fourth-order valence-corrected chi connectivity index (χ4v) is 4.81. The van der Waals surface area contributed by atoms with Gasteiger partial charge in [0.1, 0.15) is 22.8 Å². The van der Waals surface area contributed by atoms with E-state index in [4.69, 9.17) is 11.6 Å². The second-order valence-electron chi connectivity index (χ2n) is 7.39. The lowest BCUT2D eigenvalue weighted by molar-refractivity contribution is -0.137. The van der Waals surface area contributed by atoms with Gasteiger partial charge in [-0.1, -0.05) is 43.6 Å². The number of amides is 1. The van der Waals surface area contributed by atoms with E-state index in [1.807, 2.05) is 29.2 Å². The van der Waals surface area contributed by atoms with Crippen LogP contribution in [-0.2, 0) is 4.79 Å². The van der Waals surface area contributed by atoms with Crippen LogP contribution in [0.15, 0.2) is 35.2 Å². The average molecular weight is 507 g/mol. The molecule has 3 aromatic rings. The number of fused-ring (bicyclic) bond motifs is 1. The Morgan fingerprint density at radius 3 is 2.58 bits per heavy atom. The van der Waals surface area contributed by atoms with Crippen LogP contribution in [0.1, 0.15) is 25.5 Å². The summed E-state index contributed by atoms with van der Waals surface area (Å²) < 4.78 is 0.761. The molecular weight excluding hydrogens is 482 g/mol. The van der Waals surface area contributed by atoms with Crippen LogP contribution in [0.4, 0.5) is 5.82 Å². The number of nitrogens with one attached hydrogen (secondary N) is 1. The summed E-state index contributed by atoms with van der Waals surface area (Å²) in [7, 11) is 0. The van der Waals surface area contributed by atoms with Crippen LogP contribution in [0, 0.1) is 0 Å². The molecule has 1 saturated heterocycles. The van der Waals surface area contributed by atoms with E-state index in [1.165, 1.54) is 6.33 Å². The van der Waals surface area contributed by atoms with Crippen LogP contribution >= 0.6 is 27.5 Å². The molecule has 3 heterocycles. The van der Waals surface area contributed by atoms with Gasteiger partial charge in [-0.3, -0.25) is 14.8 Å². The summed E-state index contributed by atoms with van der Waals surface area (Å²) in [6.07, 6.45) is 1.52. The number of rotatable bonds is 6. The first-order valence-electron chi connectivity index (χ1n) is 10.4. The number of likely N-dealkylation sites (N-methyl/N-ethyl adjacent to an activating group) is 1. The van der Waals surface area contributed by atoms with Crippen molar-refractivity contribution in [3.8, 4) is 0 Å². The predicted octanol–water partition coefficient (Wildman–Crippen LogP) is 3.50. The molecule has 10 heteroatoms. The molecule has 1 N–H and O–H groups in total. The molecule has 164 valence electrons. The Hall–Kier alpha value is -2.23. The third-order valence-electron chi connectivity index (χ3n) is 5.79. The SMILES string of the molecule is CCN(CC)C(C(=O)N1CCN(c2ncnc3n[nH]c(Br)c23)CC1)c1ccccc1Cl. The van der Waals surface area contributed by atoms with E-state index in [0.717, 1.165) is 34.5 Å². The second kappa shape index (κ2) is 9.50. The van der Waals surface area contributed by atoms with E-state index in [0.29, 0.717) is 36.8 Å². The standard InChI is InChI=1S/C21H25BrClN7O/c1-3-28(4-2)17(14-7-5-6-8-15(14)23)21(31)30-11-9-29(10-12-30)20-16-18(22)26-27-19(16)24-13-25-20/h5-8,13,17H,3-4,9-12H2,1-2H3,(H,24,25,26,27). The largest absolute Gasteiger partial charge is 0.352 e. The van der Waals surface area contributed by atoms with Gasteiger partial charge in [0.25, 0.3) is 0 Å². The van der Waals surface area contributed by atoms with Gasteiger partial charge in [0.05, 0.1) is 5.39 Å². The van der Waals surface area contributed by atoms with Gasteiger partial charge in [-0.15, -0.1) is 0 Å². The van der Waals surface area contributed by atoms with Crippen LogP contribution in [0.2, 0.25) is 5.02 Å². The lowest BCUT2D eigenvalue weighted by atomic mass is 10.0. The zero-order chi connectivity index (χ0) is 22.0. The van der Waals surface area contributed by atoms with Gasteiger partial charge in [0.15, 0.2) is 5.65 Å².